The smallest absolute Gasteiger partial charge is 0.341 e. The Morgan fingerprint density at radius 3 is 2.70 bits per heavy atom. The van der Waals surface area contributed by atoms with Gasteiger partial charge in [-0.1, -0.05) is 19.4 Å². The van der Waals surface area contributed by atoms with Gasteiger partial charge in [-0.3, -0.25) is 9.59 Å². The minimum absolute atomic E-state index is 0.00190. The second-order valence-corrected chi connectivity index (χ2v) is 10.6. The van der Waals surface area contributed by atoms with E-state index in [4.69, 9.17) is 4.74 Å². The zero-order valence-corrected chi connectivity index (χ0v) is 21.1. The summed E-state index contributed by atoms with van der Waals surface area (Å²) in [6, 6.07) is 7.52. The molecular weight excluding hydrogens is 456 g/mol. The first-order valence-electron chi connectivity index (χ1n) is 11.6. The summed E-state index contributed by atoms with van der Waals surface area (Å²) in [4.78, 5) is 39.7. The molecule has 1 aliphatic carbocycles. The average Bonchev–Trinajstić information content (AvgIpc) is 3.15. The molecule has 1 aromatic carbocycles. The molecule has 1 heterocycles. The molecule has 0 aliphatic heterocycles. The Labute approximate surface area is 203 Å². The maximum Gasteiger partial charge on any atom is 0.341 e. The minimum Gasteiger partial charge on any atom is -0.462 e. The van der Waals surface area contributed by atoms with E-state index in [1.165, 1.54) is 28.0 Å². The number of unbranched alkanes of at least 4 members (excludes halogenated alkanes) is 1. The molecule has 178 valence electrons. The van der Waals surface area contributed by atoms with Gasteiger partial charge in [0.05, 0.1) is 17.4 Å². The maximum absolute atomic E-state index is 13.0. The molecule has 2 N–H and O–H groups in total. The first-order chi connectivity index (χ1) is 15.9. The molecule has 1 unspecified atom stereocenters. The molecule has 3 rings (SSSR count). The van der Waals surface area contributed by atoms with E-state index >= 15 is 0 Å². The van der Waals surface area contributed by atoms with Crippen LogP contribution in [0.25, 0.3) is 0 Å². The van der Waals surface area contributed by atoms with Crippen molar-refractivity contribution in [3.05, 3.63) is 40.3 Å². The van der Waals surface area contributed by atoms with Crippen molar-refractivity contribution < 1.29 is 19.1 Å². The molecule has 1 atom stereocenters. The molecule has 33 heavy (non-hydrogen) atoms. The molecule has 2 amide bonds. The topological polar surface area (TPSA) is 84.5 Å². The second kappa shape index (κ2) is 12.2. The Morgan fingerprint density at radius 1 is 1.15 bits per heavy atom. The van der Waals surface area contributed by atoms with E-state index in [0.29, 0.717) is 23.6 Å². The molecule has 1 aliphatic rings. The number of rotatable bonds is 10. The fourth-order valence-electron chi connectivity index (χ4n) is 3.75. The van der Waals surface area contributed by atoms with E-state index in [2.05, 4.69) is 17.6 Å². The number of thioether (sulfide) groups is 1. The standard InChI is InChI=1S/C25H32N2O4S2/c1-4-6-14-21(28)26-17-10-9-11-18(15-17)32-16(3)23(29)27-24-22(25(30)31-5-2)19-12-7-8-13-20(19)33-24/h9-11,15-16H,4-8,12-14H2,1-3H3,(H,26,28)(H,27,29). The lowest BCUT2D eigenvalue weighted by atomic mass is 9.95. The summed E-state index contributed by atoms with van der Waals surface area (Å²) in [5.41, 5.74) is 2.29. The van der Waals surface area contributed by atoms with Gasteiger partial charge in [0, 0.05) is 21.9 Å². The van der Waals surface area contributed by atoms with E-state index in [-0.39, 0.29) is 23.0 Å². The SMILES string of the molecule is CCCCC(=O)Nc1cccc(SC(C)C(=O)Nc2sc3c(c2C(=O)OCC)CCCC3)c1. The lowest BCUT2D eigenvalue weighted by Gasteiger charge is -2.14. The first-order valence-corrected chi connectivity index (χ1v) is 13.3. The van der Waals surface area contributed by atoms with Gasteiger partial charge in [0.15, 0.2) is 0 Å². The summed E-state index contributed by atoms with van der Waals surface area (Å²) in [5, 5.41) is 6.11. The van der Waals surface area contributed by atoms with Crippen LogP contribution in [0.1, 0.15) is 73.7 Å². The van der Waals surface area contributed by atoms with Crippen molar-refractivity contribution in [1.29, 1.82) is 0 Å². The summed E-state index contributed by atoms with van der Waals surface area (Å²) in [6.07, 6.45) is 6.25. The second-order valence-electron chi connectivity index (χ2n) is 8.06. The first kappa shape index (κ1) is 25.3. The molecule has 8 heteroatoms. The van der Waals surface area contributed by atoms with Crippen molar-refractivity contribution in [3.8, 4) is 0 Å². The van der Waals surface area contributed by atoms with Crippen LogP contribution in [0.15, 0.2) is 29.2 Å². The number of carbonyl (C=O) groups excluding carboxylic acids is 3. The highest BCUT2D eigenvalue weighted by molar-refractivity contribution is 8.00. The Morgan fingerprint density at radius 2 is 1.94 bits per heavy atom. The van der Waals surface area contributed by atoms with E-state index < -0.39 is 0 Å². The molecular formula is C25H32N2O4S2. The maximum atomic E-state index is 13.0. The van der Waals surface area contributed by atoms with Gasteiger partial charge in [-0.25, -0.2) is 4.79 Å². The Bertz CT molecular complexity index is 1000. The molecule has 0 saturated carbocycles. The molecule has 0 spiro atoms. The molecule has 0 radical (unpaired) electrons. The molecule has 2 aromatic rings. The number of esters is 1. The number of ether oxygens (including phenoxy) is 1. The number of anilines is 2. The fraction of sp³-hybridized carbons (Fsp3) is 0.480. The van der Waals surface area contributed by atoms with Crippen molar-refractivity contribution in [1.82, 2.24) is 0 Å². The van der Waals surface area contributed by atoms with Crippen LogP contribution in [0.4, 0.5) is 10.7 Å². The minimum atomic E-state index is -0.384. The highest BCUT2D eigenvalue weighted by Crippen LogP contribution is 2.39. The van der Waals surface area contributed by atoms with Crippen LogP contribution in [-0.4, -0.2) is 29.6 Å². The third-order valence-electron chi connectivity index (χ3n) is 5.44. The van der Waals surface area contributed by atoms with E-state index in [1.54, 1.807) is 6.92 Å². The van der Waals surface area contributed by atoms with Crippen LogP contribution < -0.4 is 10.6 Å². The zero-order chi connectivity index (χ0) is 23.8. The van der Waals surface area contributed by atoms with Gasteiger partial charge in [-0.05, 0) is 69.7 Å². The van der Waals surface area contributed by atoms with Crippen molar-refractivity contribution in [2.45, 2.75) is 75.9 Å². The van der Waals surface area contributed by atoms with Crippen LogP contribution in [0.2, 0.25) is 0 Å². The monoisotopic (exact) mass is 488 g/mol. The predicted molar refractivity (Wildman–Crippen MR) is 135 cm³/mol. The number of amides is 2. The molecule has 0 saturated heterocycles. The number of thiophene rings is 1. The quantitative estimate of drug-likeness (QED) is 0.314. The Balaban J connectivity index is 1.68. The van der Waals surface area contributed by atoms with Gasteiger partial charge in [0.25, 0.3) is 0 Å². The van der Waals surface area contributed by atoms with E-state index in [1.807, 2.05) is 31.2 Å². The van der Waals surface area contributed by atoms with Gasteiger partial charge in [-0.2, -0.15) is 0 Å². The van der Waals surface area contributed by atoms with Crippen LogP contribution in [0, 0.1) is 0 Å². The number of benzene rings is 1. The summed E-state index contributed by atoms with van der Waals surface area (Å²) >= 11 is 2.91. The van der Waals surface area contributed by atoms with Gasteiger partial charge < -0.3 is 15.4 Å². The number of nitrogens with one attached hydrogen (secondary N) is 2. The summed E-state index contributed by atoms with van der Waals surface area (Å²) in [5.74, 6) is -0.529. The number of carbonyl (C=O) groups is 3. The van der Waals surface area contributed by atoms with Crippen LogP contribution in [0.3, 0.4) is 0 Å². The number of hydrogen-bond donors (Lipinski definition) is 2. The van der Waals surface area contributed by atoms with Crippen molar-refractivity contribution in [2.24, 2.45) is 0 Å². The van der Waals surface area contributed by atoms with Gasteiger partial charge >= 0.3 is 5.97 Å². The predicted octanol–water partition coefficient (Wildman–Crippen LogP) is 6.05. The third kappa shape index (κ3) is 6.84. The molecule has 6 nitrogen and oxygen atoms in total. The van der Waals surface area contributed by atoms with Gasteiger partial charge in [0.1, 0.15) is 5.00 Å². The molecule has 1 aromatic heterocycles. The molecule has 0 fully saturated rings. The Kier molecular flexibility index (Phi) is 9.38. The number of fused-ring (bicyclic) bond motifs is 1. The van der Waals surface area contributed by atoms with Crippen LogP contribution in [-0.2, 0) is 27.2 Å². The zero-order valence-electron chi connectivity index (χ0n) is 19.5. The number of hydrogen-bond acceptors (Lipinski definition) is 6. The van der Waals surface area contributed by atoms with Gasteiger partial charge in [0.2, 0.25) is 11.8 Å². The Hall–Kier alpha value is -2.32. The number of aryl methyl sites for hydroxylation is 1. The molecule has 0 bridgehead atoms. The lowest BCUT2D eigenvalue weighted by Crippen LogP contribution is -2.23. The third-order valence-corrected chi connectivity index (χ3v) is 7.75. The van der Waals surface area contributed by atoms with Crippen LogP contribution >= 0.6 is 23.1 Å². The summed E-state index contributed by atoms with van der Waals surface area (Å²) < 4.78 is 5.28. The summed E-state index contributed by atoms with van der Waals surface area (Å²) in [7, 11) is 0. The highest BCUT2D eigenvalue weighted by Gasteiger charge is 2.28. The largest absolute Gasteiger partial charge is 0.462 e. The van der Waals surface area contributed by atoms with E-state index in [0.717, 1.165) is 54.7 Å². The van der Waals surface area contributed by atoms with Crippen LogP contribution in [0.5, 0.6) is 0 Å². The average molecular weight is 489 g/mol. The van der Waals surface area contributed by atoms with Crippen molar-refractivity contribution in [2.75, 3.05) is 17.2 Å². The summed E-state index contributed by atoms with van der Waals surface area (Å²) in [6.45, 7) is 5.98. The van der Waals surface area contributed by atoms with Crippen molar-refractivity contribution >= 4 is 51.6 Å². The van der Waals surface area contributed by atoms with Gasteiger partial charge in [-0.15, -0.1) is 23.1 Å². The van der Waals surface area contributed by atoms with E-state index in [9.17, 15) is 14.4 Å². The lowest BCUT2D eigenvalue weighted by molar-refractivity contribution is -0.116. The normalized spacial score (nSPS) is 13.7. The van der Waals surface area contributed by atoms with Crippen molar-refractivity contribution in [3.63, 3.8) is 0 Å². The fourth-order valence-corrected chi connectivity index (χ4v) is 5.96. The highest BCUT2D eigenvalue weighted by atomic mass is 32.2.